The van der Waals surface area contributed by atoms with E-state index in [4.69, 9.17) is 4.74 Å². The van der Waals surface area contributed by atoms with Gasteiger partial charge in [0.1, 0.15) is 17.7 Å². The first kappa shape index (κ1) is 19.9. The highest BCUT2D eigenvalue weighted by Gasteiger charge is 2.24. The summed E-state index contributed by atoms with van der Waals surface area (Å²) in [6.45, 7) is 6.42. The molecular weight excluding hydrogens is 394 g/mol. The van der Waals surface area contributed by atoms with Gasteiger partial charge in [0.05, 0.1) is 11.9 Å². The standard InChI is InChI=1S/C22H27N7O2/c1-2-17-12-20(25-14-24-17)27-5-7-28(8-6-27)22(30)16-11-19-21(23-13-16)29(15-26-19)18-3-9-31-10-4-18/h11-15,18H,2-10H2,1H3. The van der Waals surface area contributed by atoms with Crippen LogP contribution in [0.1, 0.15) is 41.9 Å². The number of aromatic nitrogens is 5. The highest BCUT2D eigenvalue weighted by molar-refractivity contribution is 5.96. The van der Waals surface area contributed by atoms with Crippen molar-refractivity contribution in [1.82, 2.24) is 29.4 Å². The molecule has 3 aromatic rings. The van der Waals surface area contributed by atoms with Crippen molar-refractivity contribution in [2.24, 2.45) is 0 Å². The lowest BCUT2D eigenvalue weighted by atomic mass is 10.1. The van der Waals surface area contributed by atoms with Gasteiger partial charge in [-0.15, -0.1) is 0 Å². The van der Waals surface area contributed by atoms with Crippen LogP contribution in [0.4, 0.5) is 5.82 Å². The van der Waals surface area contributed by atoms with Crippen molar-refractivity contribution in [2.45, 2.75) is 32.2 Å². The monoisotopic (exact) mass is 421 g/mol. The topological polar surface area (TPSA) is 89.3 Å². The van der Waals surface area contributed by atoms with E-state index in [-0.39, 0.29) is 5.91 Å². The molecule has 0 bridgehead atoms. The van der Waals surface area contributed by atoms with Crippen LogP contribution in [-0.4, -0.2) is 74.7 Å². The van der Waals surface area contributed by atoms with Crippen LogP contribution >= 0.6 is 0 Å². The Morgan fingerprint density at radius 1 is 1.06 bits per heavy atom. The summed E-state index contributed by atoms with van der Waals surface area (Å²) in [4.78, 5) is 35.0. The third-order valence-corrected chi connectivity index (χ3v) is 6.21. The molecule has 9 nitrogen and oxygen atoms in total. The van der Waals surface area contributed by atoms with Crippen LogP contribution in [0, 0.1) is 0 Å². The summed E-state index contributed by atoms with van der Waals surface area (Å²) in [5.74, 6) is 0.937. The van der Waals surface area contributed by atoms with Crippen LogP contribution in [0.2, 0.25) is 0 Å². The van der Waals surface area contributed by atoms with Gasteiger partial charge < -0.3 is 19.1 Å². The van der Waals surface area contributed by atoms with Gasteiger partial charge in [-0.25, -0.2) is 19.9 Å². The molecule has 0 N–H and O–H groups in total. The largest absolute Gasteiger partial charge is 0.381 e. The molecule has 0 unspecified atom stereocenters. The number of amides is 1. The summed E-state index contributed by atoms with van der Waals surface area (Å²) in [5.41, 5.74) is 3.23. The molecule has 3 aromatic heterocycles. The molecule has 9 heteroatoms. The Hall–Kier alpha value is -3.07. The molecule has 2 aliphatic rings. The fourth-order valence-electron chi connectivity index (χ4n) is 4.34. The second-order valence-electron chi connectivity index (χ2n) is 8.06. The van der Waals surface area contributed by atoms with Gasteiger partial charge in [-0.3, -0.25) is 4.79 Å². The number of aryl methyl sites for hydroxylation is 1. The van der Waals surface area contributed by atoms with Crippen molar-refractivity contribution in [2.75, 3.05) is 44.3 Å². The van der Waals surface area contributed by atoms with Gasteiger partial charge in [-0.1, -0.05) is 6.92 Å². The quantitative estimate of drug-likeness (QED) is 0.637. The van der Waals surface area contributed by atoms with Crippen LogP contribution in [-0.2, 0) is 11.2 Å². The molecule has 0 spiro atoms. The summed E-state index contributed by atoms with van der Waals surface area (Å²) in [6, 6.07) is 4.26. The van der Waals surface area contributed by atoms with E-state index >= 15 is 0 Å². The predicted molar refractivity (Wildman–Crippen MR) is 116 cm³/mol. The molecule has 2 aliphatic heterocycles. The number of piperazine rings is 1. The molecule has 5 rings (SSSR count). The van der Waals surface area contributed by atoms with E-state index < -0.39 is 0 Å². The molecule has 2 saturated heterocycles. The lowest BCUT2D eigenvalue weighted by Gasteiger charge is -2.35. The van der Waals surface area contributed by atoms with E-state index in [9.17, 15) is 4.79 Å². The van der Waals surface area contributed by atoms with Crippen LogP contribution < -0.4 is 4.90 Å². The van der Waals surface area contributed by atoms with Gasteiger partial charge in [0.15, 0.2) is 5.65 Å². The fourth-order valence-corrected chi connectivity index (χ4v) is 4.34. The lowest BCUT2D eigenvalue weighted by Crippen LogP contribution is -2.49. The van der Waals surface area contributed by atoms with Crippen molar-refractivity contribution in [3.63, 3.8) is 0 Å². The second-order valence-corrected chi connectivity index (χ2v) is 8.06. The van der Waals surface area contributed by atoms with Crippen LogP contribution in [0.5, 0.6) is 0 Å². The van der Waals surface area contributed by atoms with Crippen LogP contribution in [0.15, 0.2) is 31.0 Å². The first-order chi connectivity index (χ1) is 15.2. The Bertz CT molecular complexity index is 1070. The van der Waals surface area contributed by atoms with Gasteiger partial charge in [0, 0.05) is 63.4 Å². The minimum Gasteiger partial charge on any atom is -0.381 e. The van der Waals surface area contributed by atoms with E-state index in [0.29, 0.717) is 24.7 Å². The number of ether oxygens (including phenoxy) is 1. The molecule has 0 atom stereocenters. The zero-order chi connectivity index (χ0) is 21.2. The van der Waals surface area contributed by atoms with Gasteiger partial charge in [0.25, 0.3) is 5.91 Å². The zero-order valence-electron chi connectivity index (χ0n) is 17.8. The molecule has 0 aliphatic carbocycles. The number of hydrogen-bond acceptors (Lipinski definition) is 7. The maximum atomic E-state index is 13.1. The number of imidazole rings is 1. The number of carbonyl (C=O) groups is 1. The molecule has 31 heavy (non-hydrogen) atoms. The molecule has 162 valence electrons. The lowest BCUT2D eigenvalue weighted by molar-refractivity contribution is 0.0704. The number of nitrogens with zero attached hydrogens (tertiary/aromatic N) is 7. The van der Waals surface area contributed by atoms with Crippen molar-refractivity contribution in [1.29, 1.82) is 0 Å². The minimum atomic E-state index is 0.00611. The summed E-state index contributed by atoms with van der Waals surface area (Å²) < 4.78 is 7.58. The first-order valence-electron chi connectivity index (χ1n) is 11.0. The van der Waals surface area contributed by atoms with Crippen molar-refractivity contribution >= 4 is 22.9 Å². The zero-order valence-corrected chi connectivity index (χ0v) is 17.8. The van der Waals surface area contributed by atoms with Crippen LogP contribution in [0.3, 0.4) is 0 Å². The SMILES string of the molecule is CCc1cc(N2CCN(C(=O)c3cnc4c(c3)ncn4C3CCOCC3)CC2)ncn1. The van der Waals surface area contributed by atoms with Crippen molar-refractivity contribution in [3.05, 3.63) is 42.2 Å². The van der Waals surface area contributed by atoms with E-state index in [1.54, 1.807) is 12.5 Å². The Labute approximate surface area is 181 Å². The summed E-state index contributed by atoms with van der Waals surface area (Å²) in [6.07, 6.45) is 7.95. The Morgan fingerprint density at radius 2 is 1.87 bits per heavy atom. The Kier molecular flexibility index (Phi) is 5.50. The number of rotatable bonds is 4. The van der Waals surface area contributed by atoms with Gasteiger partial charge in [0.2, 0.25) is 0 Å². The molecule has 1 amide bonds. The molecular formula is C22H27N7O2. The fraction of sp³-hybridized carbons (Fsp3) is 0.500. The average Bonchev–Trinajstić information content (AvgIpc) is 3.27. The number of hydrogen-bond donors (Lipinski definition) is 0. The van der Waals surface area contributed by atoms with Gasteiger partial charge in [-0.2, -0.15) is 0 Å². The maximum Gasteiger partial charge on any atom is 0.255 e. The molecule has 2 fully saturated rings. The maximum absolute atomic E-state index is 13.1. The van der Waals surface area contributed by atoms with E-state index in [0.717, 1.165) is 68.2 Å². The average molecular weight is 422 g/mol. The smallest absolute Gasteiger partial charge is 0.255 e. The first-order valence-corrected chi connectivity index (χ1v) is 11.0. The third-order valence-electron chi connectivity index (χ3n) is 6.21. The Morgan fingerprint density at radius 3 is 2.65 bits per heavy atom. The summed E-state index contributed by atoms with van der Waals surface area (Å²) in [5, 5.41) is 0. The van der Waals surface area contributed by atoms with E-state index in [1.807, 2.05) is 23.4 Å². The molecule has 0 radical (unpaired) electrons. The molecule has 0 saturated carbocycles. The predicted octanol–water partition coefficient (Wildman–Crippen LogP) is 2.10. The second kappa shape index (κ2) is 8.58. The number of pyridine rings is 1. The summed E-state index contributed by atoms with van der Waals surface area (Å²) >= 11 is 0. The number of fused-ring (bicyclic) bond motifs is 1. The van der Waals surface area contributed by atoms with Crippen LogP contribution in [0.25, 0.3) is 11.2 Å². The summed E-state index contributed by atoms with van der Waals surface area (Å²) in [7, 11) is 0. The van der Waals surface area contributed by atoms with Gasteiger partial charge in [-0.05, 0) is 25.3 Å². The Balaban J connectivity index is 1.27. The normalized spacial score (nSPS) is 18.0. The molecule has 5 heterocycles. The van der Waals surface area contributed by atoms with Crippen molar-refractivity contribution < 1.29 is 9.53 Å². The van der Waals surface area contributed by atoms with E-state index in [2.05, 4.69) is 36.3 Å². The van der Waals surface area contributed by atoms with E-state index in [1.165, 1.54) is 0 Å². The van der Waals surface area contributed by atoms with Crippen molar-refractivity contribution in [3.8, 4) is 0 Å². The third kappa shape index (κ3) is 3.97. The highest BCUT2D eigenvalue weighted by atomic mass is 16.5. The minimum absolute atomic E-state index is 0.00611. The highest BCUT2D eigenvalue weighted by Crippen LogP contribution is 2.25. The molecule has 0 aromatic carbocycles. The number of carbonyl (C=O) groups excluding carboxylic acids is 1. The van der Waals surface area contributed by atoms with Gasteiger partial charge >= 0.3 is 0 Å². The number of anilines is 1.